The van der Waals surface area contributed by atoms with Gasteiger partial charge in [-0.2, -0.15) is 0 Å². The molecule has 0 spiro atoms. The van der Waals surface area contributed by atoms with Gasteiger partial charge < -0.3 is 16.2 Å². The number of halogens is 1. The number of aliphatic hydroxyl groups is 1. The Morgan fingerprint density at radius 2 is 2.00 bits per heavy atom. The Hall–Kier alpha value is -1.10. The fourth-order valence-corrected chi connectivity index (χ4v) is 1.47. The van der Waals surface area contributed by atoms with E-state index < -0.39 is 6.10 Å². The smallest absolute Gasteiger partial charge is 0.220 e. The molecule has 1 amide bonds. The molecule has 4 nitrogen and oxygen atoms in total. The van der Waals surface area contributed by atoms with Gasteiger partial charge in [-0.1, -0.05) is 29.8 Å². The summed E-state index contributed by atoms with van der Waals surface area (Å²) in [5.74, 6) is -0.0680. The van der Waals surface area contributed by atoms with Crippen molar-refractivity contribution in [3.63, 3.8) is 0 Å². The topological polar surface area (TPSA) is 75.3 Å². The van der Waals surface area contributed by atoms with Crippen LogP contribution in [0.25, 0.3) is 0 Å². The molecule has 1 unspecified atom stereocenters. The minimum atomic E-state index is -0.655. The van der Waals surface area contributed by atoms with Crippen molar-refractivity contribution in [2.24, 2.45) is 5.73 Å². The number of amides is 1. The molecule has 0 saturated carbocycles. The Morgan fingerprint density at radius 1 is 1.39 bits per heavy atom. The van der Waals surface area contributed by atoms with E-state index in [2.05, 4.69) is 5.32 Å². The highest BCUT2D eigenvalue weighted by molar-refractivity contribution is 5.85. The molecule has 18 heavy (non-hydrogen) atoms. The van der Waals surface area contributed by atoms with Crippen molar-refractivity contribution in [1.82, 2.24) is 5.32 Å². The summed E-state index contributed by atoms with van der Waals surface area (Å²) in [7, 11) is 0. The van der Waals surface area contributed by atoms with E-state index in [1.807, 2.05) is 31.2 Å². The highest BCUT2D eigenvalue weighted by Crippen LogP contribution is 2.12. The van der Waals surface area contributed by atoms with Crippen molar-refractivity contribution in [2.45, 2.75) is 25.9 Å². The fourth-order valence-electron chi connectivity index (χ4n) is 1.47. The van der Waals surface area contributed by atoms with E-state index in [0.717, 1.165) is 11.1 Å². The second-order valence-electron chi connectivity index (χ2n) is 4.12. The first-order chi connectivity index (χ1) is 8.13. The lowest BCUT2D eigenvalue weighted by molar-refractivity contribution is -0.121. The Labute approximate surface area is 114 Å². The number of aryl methyl sites for hydroxylation is 1. The molecular formula is C13H21ClN2O2. The number of nitrogens with one attached hydrogen (secondary N) is 1. The van der Waals surface area contributed by atoms with Gasteiger partial charge in [0.2, 0.25) is 5.91 Å². The third kappa shape index (κ3) is 6.00. The lowest BCUT2D eigenvalue weighted by atomic mass is 10.1. The maximum absolute atomic E-state index is 11.3. The Balaban J connectivity index is 0.00000289. The molecule has 0 aliphatic heterocycles. The number of hydrogen-bond donors (Lipinski definition) is 3. The normalized spacial score (nSPS) is 11.5. The zero-order valence-electron chi connectivity index (χ0n) is 10.6. The molecule has 1 atom stereocenters. The van der Waals surface area contributed by atoms with Gasteiger partial charge in [-0.3, -0.25) is 4.79 Å². The molecule has 4 N–H and O–H groups in total. The summed E-state index contributed by atoms with van der Waals surface area (Å²) in [4.78, 5) is 11.3. The molecule has 0 heterocycles. The summed E-state index contributed by atoms with van der Waals surface area (Å²) in [5.41, 5.74) is 7.27. The summed E-state index contributed by atoms with van der Waals surface area (Å²) < 4.78 is 0. The average Bonchev–Trinajstić information content (AvgIpc) is 2.34. The molecule has 0 radical (unpaired) electrons. The molecule has 5 heteroatoms. The number of hydrogen-bond acceptors (Lipinski definition) is 3. The van der Waals surface area contributed by atoms with Crippen LogP contribution in [0.4, 0.5) is 0 Å². The average molecular weight is 273 g/mol. The first-order valence-corrected chi connectivity index (χ1v) is 5.85. The SMILES string of the molecule is Cc1ccc(C(O)CNC(=O)CCCN)cc1.Cl. The molecule has 0 aliphatic carbocycles. The third-order valence-electron chi connectivity index (χ3n) is 2.56. The number of nitrogens with two attached hydrogens (primary N) is 1. The lowest BCUT2D eigenvalue weighted by Crippen LogP contribution is -2.28. The number of carbonyl (C=O) groups excluding carboxylic acids is 1. The summed E-state index contributed by atoms with van der Waals surface area (Å²) in [6.45, 7) is 2.74. The maximum atomic E-state index is 11.3. The predicted octanol–water partition coefficient (Wildman–Crippen LogP) is 1.31. The number of benzene rings is 1. The van der Waals surface area contributed by atoms with E-state index in [4.69, 9.17) is 5.73 Å². The molecule has 0 bridgehead atoms. The van der Waals surface area contributed by atoms with Crippen LogP contribution in [-0.2, 0) is 4.79 Å². The van der Waals surface area contributed by atoms with E-state index in [0.29, 0.717) is 19.4 Å². The predicted molar refractivity (Wildman–Crippen MR) is 74.7 cm³/mol. The van der Waals surface area contributed by atoms with Crippen LogP contribution < -0.4 is 11.1 Å². The Bertz CT molecular complexity index is 355. The van der Waals surface area contributed by atoms with Crippen molar-refractivity contribution in [3.05, 3.63) is 35.4 Å². The highest BCUT2D eigenvalue weighted by Gasteiger charge is 2.08. The van der Waals surface area contributed by atoms with E-state index in [-0.39, 0.29) is 24.9 Å². The largest absolute Gasteiger partial charge is 0.387 e. The minimum absolute atomic E-state index is 0. The quantitative estimate of drug-likeness (QED) is 0.731. The summed E-state index contributed by atoms with van der Waals surface area (Å²) in [6, 6.07) is 7.61. The molecular weight excluding hydrogens is 252 g/mol. The van der Waals surface area contributed by atoms with Gasteiger partial charge in [0.1, 0.15) is 0 Å². The van der Waals surface area contributed by atoms with Crippen molar-refractivity contribution in [3.8, 4) is 0 Å². The van der Waals surface area contributed by atoms with Gasteiger partial charge in [-0.25, -0.2) is 0 Å². The molecule has 0 aliphatic rings. The van der Waals surface area contributed by atoms with E-state index in [1.54, 1.807) is 0 Å². The van der Waals surface area contributed by atoms with Gasteiger partial charge in [0.15, 0.2) is 0 Å². The first-order valence-electron chi connectivity index (χ1n) is 5.85. The minimum Gasteiger partial charge on any atom is -0.387 e. The molecule has 0 fully saturated rings. The molecule has 1 aromatic carbocycles. The second kappa shape index (κ2) is 8.91. The van der Waals surface area contributed by atoms with Gasteiger partial charge in [0.25, 0.3) is 0 Å². The van der Waals surface area contributed by atoms with Gasteiger partial charge in [0, 0.05) is 13.0 Å². The first kappa shape index (κ1) is 16.9. The third-order valence-corrected chi connectivity index (χ3v) is 2.56. The number of carbonyl (C=O) groups is 1. The Morgan fingerprint density at radius 3 is 2.56 bits per heavy atom. The van der Waals surface area contributed by atoms with Crippen LogP contribution >= 0.6 is 12.4 Å². The van der Waals surface area contributed by atoms with Crippen LogP contribution in [0, 0.1) is 6.92 Å². The molecule has 0 aromatic heterocycles. The van der Waals surface area contributed by atoms with Gasteiger partial charge in [-0.05, 0) is 25.5 Å². The van der Waals surface area contributed by atoms with E-state index in [9.17, 15) is 9.90 Å². The summed E-state index contributed by atoms with van der Waals surface area (Å²) >= 11 is 0. The van der Waals surface area contributed by atoms with Crippen molar-refractivity contribution in [1.29, 1.82) is 0 Å². The molecule has 0 saturated heterocycles. The van der Waals surface area contributed by atoms with Gasteiger partial charge in [-0.15, -0.1) is 12.4 Å². The van der Waals surface area contributed by atoms with Gasteiger partial charge >= 0.3 is 0 Å². The maximum Gasteiger partial charge on any atom is 0.220 e. The molecule has 1 rings (SSSR count). The van der Waals surface area contributed by atoms with E-state index in [1.165, 1.54) is 0 Å². The summed E-state index contributed by atoms with van der Waals surface area (Å²) in [6.07, 6.45) is 0.432. The monoisotopic (exact) mass is 272 g/mol. The zero-order chi connectivity index (χ0) is 12.7. The van der Waals surface area contributed by atoms with E-state index >= 15 is 0 Å². The lowest BCUT2D eigenvalue weighted by Gasteiger charge is -2.12. The van der Waals surface area contributed by atoms with Crippen molar-refractivity contribution in [2.75, 3.05) is 13.1 Å². The summed E-state index contributed by atoms with van der Waals surface area (Å²) in [5, 5.41) is 12.5. The number of aliphatic hydroxyl groups excluding tert-OH is 1. The number of rotatable bonds is 6. The van der Waals surface area contributed by atoms with Crippen molar-refractivity contribution < 1.29 is 9.90 Å². The second-order valence-corrected chi connectivity index (χ2v) is 4.12. The van der Waals surface area contributed by atoms with Crippen molar-refractivity contribution >= 4 is 18.3 Å². The Kier molecular flexibility index (Phi) is 8.37. The molecule has 1 aromatic rings. The van der Waals surface area contributed by atoms with Crippen LogP contribution in [0.2, 0.25) is 0 Å². The van der Waals surface area contributed by atoms with Crippen LogP contribution in [0.1, 0.15) is 30.1 Å². The zero-order valence-corrected chi connectivity index (χ0v) is 11.4. The van der Waals surface area contributed by atoms with Crippen LogP contribution in [0.3, 0.4) is 0 Å². The highest BCUT2D eigenvalue weighted by atomic mass is 35.5. The standard InChI is InChI=1S/C13H20N2O2.ClH/c1-10-4-6-11(7-5-10)12(16)9-15-13(17)3-2-8-14;/h4-7,12,16H,2-3,8-9,14H2,1H3,(H,15,17);1H. The van der Waals surface area contributed by atoms with Crippen LogP contribution in [0.5, 0.6) is 0 Å². The fraction of sp³-hybridized carbons (Fsp3) is 0.462. The van der Waals surface area contributed by atoms with Crippen LogP contribution in [-0.4, -0.2) is 24.1 Å². The van der Waals surface area contributed by atoms with Crippen LogP contribution in [0.15, 0.2) is 24.3 Å². The van der Waals surface area contributed by atoms with Gasteiger partial charge in [0.05, 0.1) is 6.10 Å². The molecule has 102 valence electrons.